The zero-order valence-electron chi connectivity index (χ0n) is 11.2. The lowest BCUT2D eigenvalue weighted by atomic mass is 10.2. The van der Waals surface area contributed by atoms with E-state index in [9.17, 15) is 14.0 Å². The number of unbranched alkanes of at least 4 members (excludes halogenated alkanes) is 1. The number of hydrogen-bond donors (Lipinski definition) is 2. The van der Waals surface area contributed by atoms with Crippen molar-refractivity contribution in [3.63, 3.8) is 0 Å². The molecule has 1 aromatic rings. The summed E-state index contributed by atoms with van der Waals surface area (Å²) in [6.07, 6.45) is 4.09. The molecule has 0 fully saturated rings. The van der Waals surface area contributed by atoms with Crippen molar-refractivity contribution < 1.29 is 23.4 Å². The first-order valence-corrected chi connectivity index (χ1v) is 9.65. The van der Waals surface area contributed by atoms with Gasteiger partial charge in [0.25, 0.3) is 0 Å². The molecule has 2 N–H and O–H groups in total. The molecule has 2 unspecified atom stereocenters. The minimum Gasteiger partial charge on any atom is -0.324 e. The van der Waals surface area contributed by atoms with Crippen molar-refractivity contribution in [2.24, 2.45) is 0 Å². The lowest BCUT2D eigenvalue weighted by Gasteiger charge is -2.11. The fraction of sp³-hybridized carbons (Fsp3) is 0.583. The Morgan fingerprint density at radius 1 is 1.30 bits per heavy atom. The van der Waals surface area contributed by atoms with Crippen LogP contribution in [0.5, 0.6) is 0 Å². The van der Waals surface area contributed by atoms with E-state index in [1.54, 1.807) is 6.20 Å². The fourth-order valence-corrected chi connectivity index (χ4v) is 3.29. The molecule has 1 aromatic heterocycles. The second-order valence-electron chi connectivity index (χ2n) is 4.40. The highest BCUT2D eigenvalue weighted by Crippen LogP contribution is 2.43. The van der Waals surface area contributed by atoms with E-state index in [1.807, 2.05) is 18.2 Å². The van der Waals surface area contributed by atoms with Gasteiger partial charge in [-0.3, -0.25) is 9.55 Å². The van der Waals surface area contributed by atoms with Crippen molar-refractivity contribution in [3.05, 3.63) is 30.1 Å². The summed E-state index contributed by atoms with van der Waals surface area (Å²) >= 11 is 0. The van der Waals surface area contributed by atoms with Gasteiger partial charge in [0.1, 0.15) is 0 Å². The normalized spacial score (nSPS) is 14.8. The zero-order valence-corrected chi connectivity index (χ0v) is 13.0. The summed E-state index contributed by atoms with van der Waals surface area (Å²) in [6, 6.07) is 5.63. The first-order chi connectivity index (χ1) is 9.49. The van der Waals surface area contributed by atoms with Gasteiger partial charge in [0.05, 0.1) is 12.8 Å². The van der Waals surface area contributed by atoms with Crippen LogP contribution in [-0.4, -0.2) is 33.7 Å². The van der Waals surface area contributed by atoms with Crippen LogP contribution in [0.4, 0.5) is 0 Å². The second kappa shape index (κ2) is 9.32. The molecule has 0 radical (unpaired) electrons. The number of pyridine rings is 1. The fourth-order valence-electron chi connectivity index (χ4n) is 1.63. The molecular weight excluding hydrogens is 300 g/mol. The maximum atomic E-state index is 11.7. The van der Waals surface area contributed by atoms with Gasteiger partial charge in [-0.25, -0.2) is 0 Å². The van der Waals surface area contributed by atoms with Crippen LogP contribution in [0.15, 0.2) is 24.4 Å². The highest BCUT2D eigenvalue weighted by molar-refractivity contribution is 7.52. The third-order valence-electron chi connectivity index (χ3n) is 2.64. The minimum atomic E-state index is -3.57. The smallest absolute Gasteiger partial charge is 0.324 e. The molecule has 2 atom stereocenters. The lowest BCUT2D eigenvalue weighted by Crippen LogP contribution is -2.00. The lowest BCUT2D eigenvalue weighted by molar-refractivity contribution is 0.255. The first-order valence-electron chi connectivity index (χ1n) is 6.49. The van der Waals surface area contributed by atoms with Crippen molar-refractivity contribution in [3.8, 4) is 0 Å². The van der Waals surface area contributed by atoms with Gasteiger partial charge in [0.15, 0.2) is 6.16 Å². The summed E-state index contributed by atoms with van der Waals surface area (Å²) in [5.41, 5.74) is 0.926. The molecular formula is C12H20NO5P2+. The van der Waals surface area contributed by atoms with Crippen molar-refractivity contribution in [2.45, 2.75) is 25.7 Å². The van der Waals surface area contributed by atoms with E-state index in [-0.39, 0.29) is 18.9 Å². The molecule has 8 heteroatoms. The Labute approximate surface area is 119 Å². The third kappa shape index (κ3) is 8.51. The molecule has 0 saturated heterocycles. The summed E-state index contributed by atoms with van der Waals surface area (Å²) in [4.78, 5) is 22.3. The van der Waals surface area contributed by atoms with Gasteiger partial charge in [0.2, 0.25) is 0 Å². The van der Waals surface area contributed by atoms with E-state index in [0.29, 0.717) is 25.7 Å². The molecule has 0 amide bonds. The van der Waals surface area contributed by atoms with E-state index in [4.69, 9.17) is 9.42 Å². The molecule has 0 aromatic carbocycles. The Morgan fingerprint density at radius 3 is 2.75 bits per heavy atom. The Morgan fingerprint density at radius 2 is 2.10 bits per heavy atom. The average Bonchev–Trinajstić information content (AvgIpc) is 2.41. The molecule has 0 saturated carbocycles. The van der Waals surface area contributed by atoms with Crippen LogP contribution in [0.3, 0.4) is 0 Å². The van der Waals surface area contributed by atoms with E-state index in [1.165, 1.54) is 0 Å². The summed E-state index contributed by atoms with van der Waals surface area (Å²) in [6.45, 7) is 0.207. The maximum Gasteiger partial charge on any atom is 0.505 e. The molecule has 1 heterocycles. The van der Waals surface area contributed by atoms with Crippen LogP contribution in [0.1, 0.15) is 25.0 Å². The minimum absolute atomic E-state index is 0.0275. The largest absolute Gasteiger partial charge is 0.505 e. The zero-order chi connectivity index (χ0) is 14.8. The van der Waals surface area contributed by atoms with Crippen molar-refractivity contribution >= 4 is 15.6 Å². The standard InChI is InChI=1S/C12H19NO5P2/c14-19(15)10-3-4-11-20(16,17)18-9-5-7-12-6-1-2-8-13-12/h1-2,6,8H,3-5,7,9-11H2,(H-,14,15,16,17)/p+1. The Bertz CT molecular complexity index is 454. The highest BCUT2D eigenvalue weighted by Gasteiger charge is 2.19. The van der Waals surface area contributed by atoms with Crippen LogP contribution in [-0.2, 0) is 20.1 Å². The van der Waals surface area contributed by atoms with Gasteiger partial charge < -0.3 is 9.42 Å². The van der Waals surface area contributed by atoms with Gasteiger partial charge in [-0.1, -0.05) is 6.07 Å². The second-order valence-corrected chi connectivity index (χ2v) is 7.53. The van der Waals surface area contributed by atoms with E-state index >= 15 is 0 Å². The summed E-state index contributed by atoms with van der Waals surface area (Å²) in [5, 5.41) is 0. The van der Waals surface area contributed by atoms with Gasteiger partial charge in [0, 0.05) is 11.9 Å². The maximum absolute atomic E-state index is 11.7. The van der Waals surface area contributed by atoms with Crippen LogP contribution >= 0.6 is 15.6 Å². The molecule has 0 aliphatic heterocycles. The van der Waals surface area contributed by atoms with Crippen LogP contribution in [0.25, 0.3) is 0 Å². The number of nitrogens with zero attached hydrogens (tertiary/aromatic N) is 1. The number of hydrogen-bond acceptors (Lipinski definition) is 4. The topological polar surface area (TPSA) is 96.7 Å². The quantitative estimate of drug-likeness (QED) is 0.508. The van der Waals surface area contributed by atoms with Crippen molar-refractivity contribution in [1.82, 2.24) is 4.98 Å². The molecule has 112 valence electrons. The molecule has 6 nitrogen and oxygen atoms in total. The molecule has 0 aliphatic rings. The van der Waals surface area contributed by atoms with Gasteiger partial charge in [-0.15, -0.1) is 0 Å². The summed E-state index contributed by atoms with van der Waals surface area (Å²) < 4.78 is 27.1. The molecule has 0 aliphatic carbocycles. The highest BCUT2D eigenvalue weighted by atomic mass is 31.2. The van der Waals surface area contributed by atoms with E-state index in [0.717, 1.165) is 5.69 Å². The van der Waals surface area contributed by atoms with Crippen molar-refractivity contribution in [2.75, 3.05) is 18.9 Å². The average molecular weight is 320 g/mol. The number of aryl methyl sites for hydroxylation is 1. The molecule has 1 rings (SSSR count). The molecule has 20 heavy (non-hydrogen) atoms. The van der Waals surface area contributed by atoms with Gasteiger partial charge in [-0.05, 0) is 42.4 Å². The molecule has 0 spiro atoms. The van der Waals surface area contributed by atoms with Gasteiger partial charge >= 0.3 is 15.6 Å². The third-order valence-corrected chi connectivity index (χ3v) is 4.80. The van der Waals surface area contributed by atoms with E-state index in [2.05, 4.69) is 4.98 Å². The van der Waals surface area contributed by atoms with Crippen LogP contribution < -0.4 is 0 Å². The number of aromatic nitrogens is 1. The monoisotopic (exact) mass is 320 g/mol. The first kappa shape index (κ1) is 17.4. The van der Waals surface area contributed by atoms with Crippen LogP contribution in [0.2, 0.25) is 0 Å². The SMILES string of the molecule is O=[P+](O)CCCCP(=O)(O)OCCCc1ccccn1. The van der Waals surface area contributed by atoms with Gasteiger partial charge in [-0.2, -0.15) is 4.89 Å². The molecule has 0 bridgehead atoms. The predicted molar refractivity (Wildman–Crippen MR) is 77.1 cm³/mol. The summed E-state index contributed by atoms with van der Waals surface area (Å²) in [7, 11) is -5.73. The van der Waals surface area contributed by atoms with Crippen molar-refractivity contribution in [1.29, 1.82) is 0 Å². The Kier molecular flexibility index (Phi) is 8.12. The Balaban J connectivity index is 2.13. The number of rotatable bonds is 10. The Hall–Kier alpha value is -0.640. The van der Waals surface area contributed by atoms with E-state index < -0.39 is 15.6 Å². The predicted octanol–water partition coefficient (Wildman–Crippen LogP) is 2.73. The summed E-state index contributed by atoms with van der Waals surface area (Å²) in [5.74, 6) is 0. The van der Waals surface area contributed by atoms with Crippen LogP contribution in [0, 0.1) is 0 Å².